The molecule has 1 aliphatic heterocycles. The average molecular weight is 339 g/mol. The first kappa shape index (κ1) is 16.7. The van der Waals surface area contributed by atoms with Gasteiger partial charge >= 0.3 is 29.6 Å². The van der Waals surface area contributed by atoms with E-state index in [9.17, 15) is 10.1 Å². The summed E-state index contributed by atoms with van der Waals surface area (Å²) in [4.78, 5) is 15.1. The smallest absolute Gasteiger partial charge is 0.339 e. The maximum Gasteiger partial charge on any atom is 1.00 e. The molecule has 7 heteroatoms. The molecule has 0 radical (unpaired) electrons. The number of rotatable bonds is 1. The van der Waals surface area contributed by atoms with Crippen molar-refractivity contribution in [1.29, 1.82) is 10.5 Å². The molecule has 1 unspecified atom stereocenters. The Kier molecular flexibility index (Phi) is 6.25. The van der Waals surface area contributed by atoms with E-state index in [4.69, 9.17) is 5.26 Å². The zero-order chi connectivity index (χ0) is 13.8. The minimum absolute atomic E-state index is 0. The Morgan fingerprint density at radius 1 is 1.35 bits per heavy atom. The first-order valence-electron chi connectivity index (χ1n) is 5.45. The van der Waals surface area contributed by atoms with Crippen molar-refractivity contribution in [3.05, 3.63) is 40.2 Å². The molecule has 20 heavy (non-hydrogen) atoms. The Labute approximate surface area is 147 Å². The maximum atomic E-state index is 11.6. The van der Waals surface area contributed by atoms with Crippen molar-refractivity contribution < 1.29 is 34.4 Å². The summed E-state index contributed by atoms with van der Waals surface area (Å²) in [5.74, 6) is -0.252. The molecule has 1 fully saturated rings. The van der Waals surface area contributed by atoms with Crippen molar-refractivity contribution in [3.8, 4) is 12.3 Å². The molecule has 1 N–H and O–H groups in total. The van der Waals surface area contributed by atoms with Gasteiger partial charge in [-0.15, -0.1) is 0 Å². The summed E-state index contributed by atoms with van der Waals surface area (Å²) in [6.45, 7) is 0. The molecule has 0 saturated carbocycles. The van der Waals surface area contributed by atoms with Gasteiger partial charge in [0, 0.05) is 10.9 Å². The van der Waals surface area contributed by atoms with Crippen molar-refractivity contribution in [2.24, 2.45) is 4.99 Å². The van der Waals surface area contributed by atoms with Crippen LogP contribution in [0.25, 0.3) is 0 Å². The molecule has 1 aliphatic rings. The molecule has 1 aromatic carbocycles. The molecule has 1 amide bonds. The van der Waals surface area contributed by atoms with Gasteiger partial charge in [-0.05, 0) is 18.0 Å². The number of halogens is 1. The van der Waals surface area contributed by atoms with Gasteiger partial charge in [-0.2, -0.15) is 10.3 Å². The topological polar surface area (TPSA) is 89.0 Å². The zero-order valence-corrected chi connectivity index (χ0v) is 14.3. The number of nitrogens with one attached hydrogen (secondary N) is 1. The van der Waals surface area contributed by atoms with E-state index in [1.165, 1.54) is 0 Å². The molecule has 0 aromatic heterocycles. The molecule has 0 aliphatic carbocycles. The summed E-state index contributed by atoms with van der Waals surface area (Å²) in [5.41, 5.74) is 0.847. The average Bonchev–Trinajstić information content (AvgIpc) is 2.39. The second kappa shape index (κ2) is 7.47. The Hall–Kier alpha value is -1.31. The third kappa shape index (κ3) is 3.62. The summed E-state index contributed by atoms with van der Waals surface area (Å²) in [7, 11) is 0. The summed E-state index contributed by atoms with van der Waals surface area (Å²) in [5, 5.41) is 20.3. The minimum Gasteiger partial charge on any atom is -0.339 e. The van der Waals surface area contributed by atoms with Gasteiger partial charge in [0.05, 0.1) is 0 Å². The number of carbonyl (C=O) groups excluding carboxylic acids is 1. The van der Waals surface area contributed by atoms with Crippen LogP contribution < -0.4 is 34.9 Å². The summed E-state index contributed by atoms with van der Waals surface area (Å²) >= 11 is 3.33. The van der Waals surface area contributed by atoms with E-state index in [2.05, 4.69) is 26.2 Å². The van der Waals surface area contributed by atoms with Gasteiger partial charge in [0.25, 0.3) is 0 Å². The number of hydrogen-bond donors (Lipinski definition) is 1. The van der Waals surface area contributed by atoms with E-state index in [1.54, 1.807) is 6.19 Å². The molecular weight excluding hydrogens is 331 g/mol. The Morgan fingerprint density at radius 2 is 2.00 bits per heavy atom. The third-order valence-corrected chi connectivity index (χ3v) is 3.33. The van der Waals surface area contributed by atoms with Crippen LogP contribution in [0.1, 0.15) is 17.9 Å². The Balaban J connectivity index is 0.00000200. The summed E-state index contributed by atoms with van der Waals surface area (Å²) < 4.78 is 0.918. The zero-order valence-electron chi connectivity index (χ0n) is 10.7. The van der Waals surface area contributed by atoms with Crippen LogP contribution in [-0.4, -0.2) is 11.7 Å². The molecule has 0 bridgehead atoms. The number of nitriles is 2. The van der Waals surface area contributed by atoms with Crippen LogP contribution in [-0.2, 0) is 4.79 Å². The number of amidine groups is 1. The van der Waals surface area contributed by atoms with Crippen LogP contribution in [0.3, 0.4) is 0 Å². The van der Waals surface area contributed by atoms with Crippen molar-refractivity contribution in [3.63, 3.8) is 0 Å². The van der Waals surface area contributed by atoms with Crippen LogP contribution in [0.2, 0.25) is 0 Å². The number of nitrogens with zero attached hydrogens (tertiary/aromatic N) is 3. The van der Waals surface area contributed by atoms with Crippen molar-refractivity contribution >= 4 is 27.7 Å². The van der Waals surface area contributed by atoms with Gasteiger partial charge in [-0.1, -0.05) is 45.6 Å². The number of hydrogen-bond acceptors (Lipinski definition) is 4. The molecule has 5 nitrogen and oxygen atoms in total. The normalized spacial score (nSPS) is 19.6. The van der Waals surface area contributed by atoms with Crippen LogP contribution >= 0.6 is 15.9 Å². The van der Waals surface area contributed by atoms with Gasteiger partial charge in [-0.3, -0.25) is 4.79 Å². The summed E-state index contributed by atoms with van der Waals surface area (Å²) in [6, 6.07) is 9.41. The number of amides is 1. The number of piperidine rings is 1. The van der Waals surface area contributed by atoms with Crippen LogP contribution in [0.4, 0.5) is 0 Å². The number of benzene rings is 1. The standard InChI is InChI=1S/C13H8BrN4O.Na/c14-9-3-1-8(2-4-9)10-5-12(19)18-13(17-7-16)11(10)6-15;/h1-4,10H,5H2,(H,17,18,19);/q-1;+1. The van der Waals surface area contributed by atoms with Crippen LogP contribution in [0.15, 0.2) is 33.7 Å². The fourth-order valence-electron chi connectivity index (χ4n) is 1.95. The van der Waals surface area contributed by atoms with E-state index in [1.807, 2.05) is 30.3 Å². The third-order valence-electron chi connectivity index (χ3n) is 2.81. The van der Waals surface area contributed by atoms with Crippen molar-refractivity contribution in [2.75, 3.05) is 0 Å². The first-order chi connectivity index (χ1) is 9.15. The second-order valence-electron chi connectivity index (χ2n) is 3.94. The molecule has 1 heterocycles. The van der Waals surface area contributed by atoms with Gasteiger partial charge < -0.3 is 5.32 Å². The van der Waals surface area contributed by atoms with E-state index in [0.29, 0.717) is 5.92 Å². The van der Waals surface area contributed by atoms with E-state index < -0.39 is 0 Å². The second-order valence-corrected chi connectivity index (χ2v) is 4.86. The quantitative estimate of drug-likeness (QED) is 0.406. The predicted octanol–water partition coefficient (Wildman–Crippen LogP) is -0.966. The van der Waals surface area contributed by atoms with Gasteiger partial charge in [-0.25, -0.2) is 11.2 Å². The molecule has 94 valence electrons. The SMILES string of the molecule is N#CN=C1NC(=O)CC(c2ccc(Br)cc2)[C-]1C#N.[Na+]. The van der Waals surface area contributed by atoms with E-state index in [-0.39, 0.29) is 53.6 Å². The van der Waals surface area contributed by atoms with Crippen molar-refractivity contribution in [2.45, 2.75) is 12.3 Å². The van der Waals surface area contributed by atoms with Gasteiger partial charge in [0.2, 0.25) is 12.1 Å². The Morgan fingerprint density at radius 3 is 2.55 bits per heavy atom. The molecule has 2 rings (SSSR count). The van der Waals surface area contributed by atoms with Crippen LogP contribution in [0, 0.1) is 28.7 Å². The minimum atomic E-state index is -0.362. The fraction of sp³-hybridized carbons (Fsp3) is 0.154. The van der Waals surface area contributed by atoms with Crippen molar-refractivity contribution in [1.82, 2.24) is 5.32 Å². The number of carbonyl (C=O) groups is 1. The summed E-state index contributed by atoms with van der Waals surface area (Å²) in [6.07, 6.45) is 1.77. The maximum absolute atomic E-state index is 11.6. The fourth-order valence-corrected chi connectivity index (χ4v) is 2.22. The molecule has 1 atom stereocenters. The predicted molar refractivity (Wildman–Crippen MR) is 71.5 cm³/mol. The van der Waals surface area contributed by atoms with Gasteiger partial charge in [0.1, 0.15) is 0 Å². The molecule has 0 spiro atoms. The molecular formula is C13H8BrN4NaO. The molecule has 1 saturated heterocycles. The van der Waals surface area contributed by atoms with E-state index >= 15 is 0 Å². The monoisotopic (exact) mass is 338 g/mol. The van der Waals surface area contributed by atoms with Crippen LogP contribution in [0.5, 0.6) is 0 Å². The number of aliphatic imine (C=N–C) groups is 1. The first-order valence-corrected chi connectivity index (χ1v) is 6.24. The van der Waals surface area contributed by atoms with Gasteiger partial charge in [0.15, 0.2) is 0 Å². The Bertz CT molecular complexity index is 615. The van der Waals surface area contributed by atoms with E-state index in [0.717, 1.165) is 10.0 Å². The largest absolute Gasteiger partial charge is 1.00 e. The molecule has 1 aromatic rings.